The number of rotatable bonds is 10. The summed E-state index contributed by atoms with van der Waals surface area (Å²) in [7, 11) is -5.10. The molecule has 0 rings (SSSR count). The minimum absolute atomic E-state index is 0.0569. The van der Waals surface area contributed by atoms with Gasteiger partial charge in [-0.15, -0.1) is 0 Å². The largest absolute Gasteiger partial charge is 0.390 e. The van der Waals surface area contributed by atoms with Crippen LogP contribution in [-0.4, -0.2) is 40.8 Å². The van der Waals surface area contributed by atoms with Crippen molar-refractivity contribution in [3.8, 4) is 0 Å². The van der Waals surface area contributed by atoms with Gasteiger partial charge in [0.15, 0.2) is 0 Å². The number of hydrogen-bond donors (Lipinski definition) is 0. The van der Waals surface area contributed by atoms with Gasteiger partial charge in [0.2, 0.25) is 0 Å². The fourth-order valence-corrected chi connectivity index (χ4v) is 7.19. The fourth-order valence-electron chi connectivity index (χ4n) is 1.58. The molecule has 0 aliphatic rings. The summed E-state index contributed by atoms with van der Waals surface area (Å²) >= 11 is 0. The molecule has 19 heavy (non-hydrogen) atoms. The molecule has 0 bridgehead atoms. The summed E-state index contributed by atoms with van der Waals surface area (Å²) in [6.45, 7) is 9.53. The number of hydrogen-bond acceptors (Lipinski definition) is 3. The number of ketones is 1. The van der Waals surface area contributed by atoms with Gasteiger partial charge in [-0.2, -0.15) is 8.42 Å². The van der Waals surface area contributed by atoms with Crippen molar-refractivity contribution in [3.05, 3.63) is 0 Å². The molecule has 0 aromatic rings. The van der Waals surface area contributed by atoms with Gasteiger partial charge in [0.1, 0.15) is 11.5 Å². The molecule has 0 heterocycles. The average Bonchev–Trinajstić information content (AvgIpc) is 2.35. The van der Waals surface area contributed by atoms with Crippen LogP contribution in [0.5, 0.6) is 0 Å². The number of carbonyl (C=O) groups is 1. The lowest BCUT2D eigenvalue weighted by Crippen LogP contribution is -2.29. The van der Waals surface area contributed by atoms with E-state index in [1.165, 1.54) is 0 Å². The van der Waals surface area contributed by atoms with Crippen molar-refractivity contribution in [3.63, 3.8) is 0 Å². The van der Waals surface area contributed by atoms with E-state index in [0.29, 0.717) is 23.7 Å². The highest BCUT2D eigenvalue weighted by Crippen LogP contribution is 2.48. The van der Waals surface area contributed by atoms with Crippen molar-refractivity contribution in [2.75, 3.05) is 23.0 Å². The Hall–Kier alpha value is -0.0700. The first-order valence-electron chi connectivity index (χ1n) is 6.98. The monoisotopic (exact) mass is 313 g/mol. The summed E-state index contributed by atoms with van der Waals surface area (Å²) in [5.41, 5.74) is 0. The number of carbonyl (C=O) groups excluding carboxylic acids is 1. The maximum absolute atomic E-state index is 12.0. The molecule has 0 aromatic heterocycles. The van der Waals surface area contributed by atoms with Crippen LogP contribution in [0.4, 0.5) is 0 Å². The summed E-state index contributed by atoms with van der Waals surface area (Å²) in [5, 5.41) is 0. The van der Waals surface area contributed by atoms with Gasteiger partial charge in [0.05, 0.1) is 5.75 Å². The van der Waals surface area contributed by atoms with Crippen LogP contribution in [0.2, 0.25) is 0 Å². The molecular weight excluding hydrogens is 284 g/mol. The minimum Gasteiger partial charge on any atom is -0.298 e. The molecule has 0 amide bonds. The zero-order valence-electron chi connectivity index (χ0n) is 12.8. The first kappa shape index (κ1) is 18.9. The second-order valence-corrected chi connectivity index (χ2v) is 10.7. The van der Waals surface area contributed by atoms with Gasteiger partial charge in [-0.25, -0.2) is 0 Å². The average molecular weight is 314 g/mol. The van der Waals surface area contributed by atoms with Crippen LogP contribution in [0.3, 0.4) is 0 Å². The summed E-state index contributed by atoms with van der Waals surface area (Å²) in [6, 6.07) is 0. The zero-order valence-corrected chi connectivity index (χ0v) is 14.4. The Morgan fingerprint density at radius 2 is 1.63 bits per heavy atom. The molecule has 0 aliphatic heterocycles. The van der Waals surface area contributed by atoms with Crippen molar-refractivity contribution in [2.24, 2.45) is 5.92 Å². The first-order chi connectivity index (χ1) is 8.72. The van der Waals surface area contributed by atoms with Gasteiger partial charge in [0, 0.05) is 17.4 Å². The van der Waals surface area contributed by atoms with Gasteiger partial charge in [-0.05, 0) is 16.7 Å². The van der Waals surface area contributed by atoms with Gasteiger partial charge in [0.25, 0.3) is 0 Å². The van der Waals surface area contributed by atoms with Crippen molar-refractivity contribution in [1.29, 1.82) is 0 Å². The molecule has 0 saturated heterocycles. The van der Waals surface area contributed by atoms with E-state index in [0.717, 1.165) is 6.42 Å². The lowest BCUT2D eigenvalue weighted by molar-refractivity contribution is -0.119. The van der Waals surface area contributed by atoms with E-state index in [1.54, 1.807) is 0 Å². The number of Topliss-reactive ketones (excluding diaryl/α,β-unsaturated/α-hetero) is 1. The lowest BCUT2D eigenvalue weighted by atomic mass is 10.1. The van der Waals surface area contributed by atoms with Crippen LogP contribution < -0.4 is 0 Å². The highest BCUT2D eigenvalue weighted by atomic mass is 32.3. The fraction of sp³-hybridized carbons (Fsp3) is 0.923. The molecule has 0 unspecified atom stereocenters. The molecular formula is C13H29O4S2+. The quantitative estimate of drug-likeness (QED) is 0.459. The van der Waals surface area contributed by atoms with Crippen LogP contribution >= 0.6 is 10.3 Å². The van der Waals surface area contributed by atoms with Crippen LogP contribution in [0, 0.1) is 5.92 Å². The van der Waals surface area contributed by atoms with Gasteiger partial charge >= 0.3 is 10.1 Å². The SMILES string of the molecule is CCCCS(=O)(=O)[OH+]S(CC)(CC)CC(=O)C(C)C. The molecule has 0 saturated carbocycles. The van der Waals surface area contributed by atoms with E-state index >= 15 is 0 Å². The second-order valence-electron chi connectivity index (χ2n) is 5.06. The van der Waals surface area contributed by atoms with Gasteiger partial charge in [-0.1, -0.05) is 41.0 Å². The maximum Gasteiger partial charge on any atom is 0.390 e. The summed E-state index contributed by atoms with van der Waals surface area (Å²) < 4.78 is 28.2. The first-order valence-corrected chi connectivity index (χ1v) is 10.7. The Morgan fingerprint density at radius 1 is 1.11 bits per heavy atom. The molecule has 0 aliphatic carbocycles. The van der Waals surface area contributed by atoms with Gasteiger partial charge in [-0.3, -0.25) is 8.42 Å². The Balaban J connectivity index is 4.94. The van der Waals surface area contributed by atoms with Crippen molar-refractivity contribution < 1.29 is 16.8 Å². The normalized spacial score (nSPS) is 13.8. The molecule has 0 radical (unpaired) electrons. The summed E-state index contributed by atoms with van der Waals surface area (Å²) in [4.78, 5) is 11.9. The van der Waals surface area contributed by atoms with E-state index in [1.807, 2.05) is 34.6 Å². The molecule has 0 spiro atoms. The van der Waals surface area contributed by atoms with Crippen molar-refractivity contribution in [1.82, 2.24) is 0 Å². The van der Waals surface area contributed by atoms with E-state index in [-0.39, 0.29) is 17.5 Å². The smallest absolute Gasteiger partial charge is 0.298 e. The third-order valence-electron chi connectivity index (χ3n) is 3.16. The third-order valence-corrected chi connectivity index (χ3v) is 9.11. The van der Waals surface area contributed by atoms with E-state index in [9.17, 15) is 13.2 Å². The molecule has 0 atom stereocenters. The standard InChI is InChI=1S/C13H28O4S2/c1-6-9-10-19(15,16)17-18(7-2,8-3)11-13(14)12(4)5/h12H,6-11H2,1-5H3/p+1. The third kappa shape index (κ3) is 6.77. The van der Waals surface area contributed by atoms with Crippen molar-refractivity contribution in [2.45, 2.75) is 47.5 Å². The Bertz CT molecular complexity index is 370. The zero-order chi connectivity index (χ0) is 15.1. The van der Waals surface area contributed by atoms with Crippen LogP contribution in [-0.2, 0) is 14.9 Å². The van der Waals surface area contributed by atoms with Crippen LogP contribution in [0.25, 0.3) is 0 Å². The second kappa shape index (κ2) is 8.27. The highest BCUT2D eigenvalue weighted by molar-refractivity contribution is 8.32. The minimum atomic E-state index is -3.39. The topological polar surface area (TPSA) is 64.0 Å². The van der Waals surface area contributed by atoms with Gasteiger partial charge < -0.3 is 0 Å². The molecule has 0 fully saturated rings. The predicted molar refractivity (Wildman–Crippen MR) is 84.7 cm³/mol. The number of unbranched alkanes of at least 4 members (excludes halogenated alkanes) is 1. The Morgan fingerprint density at radius 3 is 2.00 bits per heavy atom. The summed E-state index contributed by atoms with van der Waals surface area (Å²) in [6.07, 6.45) is 1.47. The molecule has 4 nitrogen and oxygen atoms in total. The van der Waals surface area contributed by atoms with E-state index in [4.69, 9.17) is 0 Å². The van der Waals surface area contributed by atoms with E-state index < -0.39 is 20.4 Å². The Labute approximate surface area is 119 Å². The predicted octanol–water partition coefficient (Wildman–Crippen LogP) is 3.19. The highest BCUT2D eigenvalue weighted by Gasteiger charge is 2.36. The van der Waals surface area contributed by atoms with Crippen LogP contribution in [0.15, 0.2) is 0 Å². The Kier molecular flexibility index (Phi) is 8.24. The molecule has 0 aromatic carbocycles. The summed E-state index contributed by atoms with van der Waals surface area (Å²) in [5.74, 6) is 1.80. The maximum atomic E-state index is 12.0. The molecule has 116 valence electrons. The van der Waals surface area contributed by atoms with Crippen molar-refractivity contribution >= 4 is 26.2 Å². The van der Waals surface area contributed by atoms with E-state index in [2.05, 4.69) is 3.63 Å². The molecule has 6 heteroatoms. The molecule has 1 N–H and O–H groups in total. The van der Waals surface area contributed by atoms with Crippen LogP contribution in [0.1, 0.15) is 47.5 Å². The lowest BCUT2D eigenvalue weighted by Gasteiger charge is -2.31.